The second-order valence-electron chi connectivity index (χ2n) is 7.27. The van der Waals surface area contributed by atoms with Crippen LogP contribution in [0.25, 0.3) is 5.69 Å². The van der Waals surface area contributed by atoms with E-state index in [1.807, 2.05) is 42.2 Å². The van der Waals surface area contributed by atoms with Gasteiger partial charge in [0.25, 0.3) is 5.91 Å². The molecule has 0 atom stereocenters. The normalized spacial score (nSPS) is 15.0. The van der Waals surface area contributed by atoms with Gasteiger partial charge < -0.3 is 10.6 Å². The van der Waals surface area contributed by atoms with Crippen molar-refractivity contribution in [3.8, 4) is 5.69 Å². The van der Waals surface area contributed by atoms with Crippen LogP contribution < -0.4 is 5.73 Å². The highest BCUT2D eigenvalue weighted by Gasteiger charge is 2.27. The Morgan fingerprint density at radius 2 is 1.82 bits per heavy atom. The van der Waals surface area contributed by atoms with E-state index in [9.17, 15) is 4.79 Å². The minimum Gasteiger partial charge on any atom is -0.337 e. The van der Waals surface area contributed by atoms with Gasteiger partial charge in [0, 0.05) is 19.6 Å². The van der Waals surface area contributed by atoms with E-state index in [1.165, 1.54) is 10.4 Å². The van der Waals surface area contributed by atoms with E-state index < -0.39 is 0 Å². The van der Waals surface area contributed by atoms with E-state index in [4.69, 9.17) is 5.73 Å². The fourth-order valence-electron chi connectivity index (χ4n) is 3.79. The number of hydrogen-bond acceptors (Lipinski definition) is 4. The van der Waals surface area contributed by atoms with Crippen LogP contribution in [0.2, 0.25) is 0 Å². The van der Waals surface area contributed by atoms with Crippen LogP contribution in [-0.2, 0) is 6.54 Å². The second-order valence-corrected chi connectivity index (χ2v) is 7.27. The van der Waals surface area contributed by atoms with Gasteiger partial charge >= 0.3 is 0 Å². The number of amides is 1. The molecule has 0 spiro atoms. The van der Waals surface area contributed by atoms with E-state index in [0.717, 1.165) is 37.2 Å². The van der Waals surface area contributed by atoms with Crippen LogP contribution in [-0.4, -0.2) is 38.9 Å². The molecule has 144 valence electrons. The maximum Gasteiger partial charge on any atom is 0.276 e. The summed E-state index contributed by atoms with van der Waals surface area (Å²) in [4.78, 5) is 16.4. The number of carbonyl (C=O) groups is 1. The van der Waals surface area contributed by atoms with Crippen molar-refractivity contribution in [3.63, 3.8) is 0 Å². The van der Waals surface area contributed by atoms with Gasteiger partial charge in [-0.1, -0.05) is 42.5 Å². The summed E-state index contributed by atoms with van der Waals surface area (Å²) >= 11 is 0. The molecule has 1 aromatic heterocycles. The van der Waals surface area contributed by atoms with Crippen LogP contribution in [0.1, 0.15) is 46.1 Å². The Labute approximate surface area is 165 Å². The molecule has 1 aliphatic heterocycles. The molecule has 1 fully saturated rings. The van der Waals surface area contributed by atoms with E-state index in [0.29, 0.717) is 23.9 Å². The van der Waals surface area contributed by atoms with Crippen molar-refractivity contribution in [2.75, 3.05) is 13.1 Å². The third-order valence-electron chi connectivity index (χ3n) is 5.41. The first-order valence-corrected chi connectivity index (χ1v) is 9.73. The first-order valence-electron chi connectivity index (χ1n) is 9.73. The number of nitrogens with two attached hydrogens (primary N) is 1. The summed E-state index contributed by atoms with van der Waals surface area (Å²) in [7, 11) is 0. The number of aryl methyl sites for hydroxylation is 1. The number of rotatable bonds is 4. The summed E-state index contributed by atoms with van der Waals surface area (Å²) in [5.74, 6) is 0.436. The molecule has 1 saturated heterocycles. The standard InChI is InChI=1S/C22H25N5O/c1-16-21(25-27(24-16)20-8-3-2-4-9-20)22(28)26-12-10-18(11-13-26)19-7-5-6-17(14-19)15-23/h2-9,14,18H,10-13,15,23H2,1H3. The van der Waals surface area contributed by atoms with Crippen LogP contribution in [0, 0.1) is 6.92 Å². The number of carbonyl (C=O) groups excluding carboxylic acids is 1. The highest BCUT2D eigenvalue weighted by molar-refractivity contribution is 5.93. The lowest BCUT2D eigenvalue weighted by molar-refractivity contribution is 0.0706. The van der Waals surface area contributed by atoms with Gasteiger partial charge in [0.2, 0.25) is 0 Å². The Morgan fingerprint density at radius 1 is 1.07 bits per heavy atom. The third kappa shape index (κ3) is 3.68. The second kappa shape index (κ2) is 7.94. The number of piperidine rings is 1. The van der Waals surface area contributed by atoms with Crippen LogP contribution in [0.5, 0.6) is 0 Å². The fraction of sp³-hybridized carbons (Fsp3) is 0.318. The molecule has 3 aromatic rings. The van der Waals surface area contributed by atoms with Crippen molar-refractivity contribution in [2.45, 2.75) is 32.2 Å². The monoisotopic (exact) mass is 375 g/mol. The zero-order valence-electron chi connectivity index (χ0n) is 16.1. The Morgan fingerprint density at radius 3 is 2.54 bits per heavy atom. The average molecular weight is 375 g/mol. The van der Waals surface area contributed by atoms with Crippen molar-refractivity contribution < 1.29 is 4.79 Å². The van der Waals surface area contributed by atoms with Gasteiger partial charge in [-0.05, 0) is 48.9 Å². The van der Waals surface area contributed by atoms with Crippen LogP contribution in [0.4, 0.5) is 0 Å². The maximum atomic E-state index is 13.0. The number of aromatic nitrogens is 3. The molecule has 2 N–H and O–H groups in total. The first-order chi connectivity index (χ1) is 13.7. The lowest BCUT2D eigenvalue weighted by Gasteiger charge is -2.32. The summed E-state index contributed by atoms with van der Waals surface area (Å²) in [5, 5.41) is 8.88. The summed E-state index contributed by atoms with van der Waals surface area (Å²) < 4.78 is 0. The lowest BCUT2D eigenvalue weighted by Crippen LogP contribution is -2.38. The minimum atomic E-state index is -0.0335. The quantitative estimate of drug-likeness (QED) is 0.760. The summed E-state index contributed by atoms with van der Waals surface area (Å²) in [6.07, 6.45) is 1.90. The highest BCUT2D eigenvalue weighted by Crippen LogP contribution is 2.29. The fourth-order valence-corrected chi connectivity index (χ4v) is 3.79. The van der Waals surface area contributed by atoms with E-state index >= 15 is 0 Å². The SMILES string of the molecule is Cc1nn(-c2ccccc2)nc1C(=O)N1CCC(c2cccc(CN)c2)CC1. The molecule has 0 bridgehead atoms. The molecule has 4 rings (SSSR count). The molecule has 0 saturated carbocycles. The van der Waals surface area contributed by atoms with E-state index in [2.05, 4.69) is 34.5 Å². The van der Waals surface area contributed by atoms with Gasteiger partial charge in [-0.2, -0.15) is 9.90 Å². The number of nitrogens with zero attached hydrogens (tertiary/aromatic N) is 4. The van der Waals surface area contributed by atoms with Crippen LogP contribution >= 0.6 is 0 Å². The zero-order valence-corrected chi connectivity index (χ0v) is 16.1. The third-order valence-corrected chi connectivity index (χ3v) is 5.41. The van der Waals surface area contributed by atoms with Crippen molar-refractivity contribution >= 4 is 5.91 Å². The van der Waals surface area contributed by atoms with Gasteiger partial charge in [-0.3, -0.25) is 4.79 Å². The minimum absolute atomic E-state index is 0.0335. The maximum absolute atomic E-state index is 13.0. The molecule has 1 aliphatic rings. The number of para-hydroxylation sites is 1. The van der Waals surface area contributed by atoms with Crippen LogP contribution in [0.3, 0.4) is 0 Å². The van der Waals surface area contributed by atoms with Gasteiger partial charge in [-0.25, -0.2) is 0 Å². The van der Waals surface area contributed by atoms with Crippen LogP contribution in [0.15, 0.2) is 54.6 Å². The van der Waals surface area contributed by atoms with Crippen molar-refractivity contribution in [2.24, 2.45) is 5.73 Å². The van der Waals surface area contributed by atoms with Crippen molar-refractivity contribution in [1.29, 1.82) is 0 Å². The Hall–Kier alpha value is -2.99. The summed E-state index contributed by atoms with van der Waals surface area (Å²) in [6, 6.07) is 18.1. The molecule has 28 heavy (non-hydrogen) atoms. The van der Waals surface area contributed by atoms with Gasteiger partial charge in [0.1, 0.15) is 0 Å². The number of hydrogen-bond donors (Lipinski definition) is 1. The topological polar surface area (TPSA) is 77.0 Å². The Kier molecular flexibility index (Phi) is 5.21. The van der Waals surface area contributed by atoms with E-state index in [-0.39, 0.29) is 5.91 Å². The molecule has 0 aliphatic carbocycles. The smallest absolute Gasteiger partial charge is 0.276 e. The first kappa shape index (κ1) is 18.4. The zero-order chi connectivity index (χ0) is 19.5. The average Bonchev–Trinajstić information content (AvgIpc) is 3.15. The molecule has 2 aromatic carbocycles. The molecule has 1 amide bonds. The Balaban J connectivity index is 1.45. The molecule has 6 heteroatoms. The molecule has 0 radical (unpaired) electrons. The largest absolute Gasteiger partial charge is 0.337 e. The number of likely N-dealkylation sites (tertiary alicyclic amines) is 1. The number of benzene rings is 2. The van der Waals surface area contributed by atoms with Crippen molar-refractivity contribution in [1.82, 2.24) is 19.9 Å². The molecule has 0 unspecified atom stereocenters. The Bertz CT molecular complexity index is 958. The van der Waals surface area contributed by atoms with E-state index in [1.54, 1.807) is 0 Å². The summed E-state index contributed by atoms with van der Waals surface area (Å²) in [5.41, 5.74) is 10.2. The van der Waals surface area contributed by atoms with Gasteiger partial charge in [-0.15, -0.1) is 5.10 Å². The van der Waals surface area contributed by atoms with Gasteiger partial charge in [0.05, 0.1) is 11.4 Å². The highest BCUT2D eigenvalue weighted by atomic mass is 16.2. The molecular formula is C22H25N5O. The predicted molar refractivity (Wildman–Crippen MR) is 108 cm³/mol. The van der Waals surface area contributed by atoms with Gasteiger partial charge in [0.15, 0.2) is 5.69 Å². The van der Waals surface area contributed by atoms with Crippen molar-refractivity contribution in [3.05, 3.63) is 77.1 Å². The molecule has 6 nitrogen and oxygen atoms in total. The summed E-state index contributed by atoms with van der Waals surface area (Å²) in [6.45, 7) is 3.86. The molecular weight excluding hydrogens is 350 g/mol. The lowest BCUT2D eigenvalue weighted by atomic mass is 9.88. The predicted octanol–water partition coefficient (Wildman–Crippen LogP) is 3.05. The molecule has 2 heterocycles.